The van der Waals surface area contributed by atoms with Crippen LogP contribution in [0.5, 0.6) is 5.75 Å². The number of aliphatic hydroxyl groups excluding tert-OH is 1. The third-order valence-corrected chi connectivity index (χ3v) is 5.17. The summed E-state index contributed by atoms with van der Waals surface area (Å²) in [4.78, 5) is 14.8. The van der Waals surface area contributed by atoms with Crippen molar-refractivity contribution in [3.05, 3.63) is 36.7 Å². The summed E-state index contributed by atoms with van der Waals surface area (Å²) in [6.07, 6.45) is 6.73. The number of anilines is 1. The number of nitrogens with zero attached hydrogens (tertiary/aromatic N) is 3. The van der Waals surface area contributed by atoms with Crippen molar-refractivity contribution in [2.24, 2.45) is 5.92 Å². The number of H-pyrrole nitrogens is 1. The molecule has 6 heteroatoms. The minimum atomic E-state index is 0.277. The van der Waals surface area contributed by atoms with Gasteiger partial charge in [-0.3, -0.25) is 0 Å². The number of fused-ring (bicyclic) bond motifs is 1. The van der Waals surface area contributed by atoms with E-state index in [1.165, 1.54) is 0 Å². The normalized spacial score (nSPS) is 15.4. The number of aliphatic hydroxyl groups is 1. The van der Waals surface area contributed by atoms with Crippen LogP contribution < -0.4 is 9.64 Å². The van der Waals surface area contributed by atoms with Gasteiger partial charge in [-0.1, -0.05) is 6.92 Å². The van der Waals surface area contributed by atoms with Crippen LogP contribution in [-0.4, -0.2) is 46.4 Å². The van der Waals surface area contributed by atoms with Crippen LogP contribution in [0.3, 0.4) is 0 Å². The molecule has 1 aliphatic heterocycles. The standard InChI is InChI=1S/C21H26N4O2/c1-2-9-27-18-3-4-19-16(10-18)11-20(24-19)17-12-22-21(23-13-17)25-7-5-15(14-26)6-8-25/h3-4,10-13,15,24,26H,2,5-9,14H2,1H3. The Hall–Kier alpha value is -2.60. The number of hydrogen-bond acceptors (Lipinski definition) is 5. The van der Waals surface area contributed by atoms with Gasteiger partial charge in [0.15, 0.2) is 0 Å². The Bertz CT molecular complexity index is 883. The first kappa shape index (κ1) is 17.8. The van der Waals surface area contributed by atoms with E-state index in [9.17, 15) is 5.11 Å². The number of benzene rings is 1. The number of ether oxygens (including phenoxy) is 1. The van der Waals surface area contributed by atoms with E-state index < -0.39 is 0 Å². The van der Waals surface area contributed by atoms with E-state index >= 15 is 0 Å². The molecule has 0 saturated carbocycles. The van der Waals surface area contributed by atoms with Gasteiger partial charge in [0, 0.05) is 54.3 Å². The Balaban J connectivity index is 1.50. The third-order valence-electron chi connectivity index (χ3n) is 5.17. The zero-order valence-corrected chi connectivity index (χ0v) is 15.7. The summed E-state index contributed by atoms with van der Waals surface area (Å²) in [5, 5.41) is 10.4. The number of piperidine rings is 1. The molecular weight excluding hydrogens is 340 g/mol. The topological polar surface area (TPSA) is 74.3 Å². The van der Waals surface area contributed by atoms with Crippen LogP contribution in [-0.2, 0) is 0 Å². The van der Waals surface area contributed by atoms with Crippen LogP contribution in [0.1, 0.15) is 26.2 Å². The Morgan fingerprint density at radius 1 is 1.19 bits per heavy atom. The van der Waals surface area contributed by atoms with E-state index in [0.717, 1.165) is 72.8 Å². The average Bonchev–Trinajstić information content (AvgIpc) is 3.16. The largest absolute Gasteiger partial charge is 0.494 e. The molecule has 0 spiro atoms. The Morgan fingerprint density at radius 2 is 1.96 bits per heavy atom. The van der Waals surface area contributed by atoms with Gasteiger partial charge in [-0.05, 0) is 49.4 Å². The average molecular weight is 366 g/mol. The van der Waals surface area contributed by atoms with E-state index in [-0.39, 0.29) is 6.61 Å². The van der Waals surface area contributed by atoms with E-state index in [1.807, 2.05) is 24.5 Å². The fourth-order valence-electron chi connectivity index (χ4n) is 3.52. The molecule has 1 saturated heterocycles. The fourth-order valence-corrected chi connectivity index (χ4v) is 3.52. The summed E-state index contributed by atoms with van der Waals surface area (Å²) in [6.45, 7) is 4.91. The molecule has 3 aromatic rings. The highest BCUT2D eigenvalue weighted by Crippen LogP contribution is 2.27. The monoisotopic (exact) mass is 366 g/mol. The lowest BCUT2D eigenvalue weighted by Gasteiger charge is -2.30. The molecule has 0 radical (unpaired) electrons. The predicted octanol–water partition coefficient (Wildman–Crippen LogP) is 3.62. The molecule has 0 aliphatic carbocycles. The summed E-state index contributed by atoms with van der Waals surface area (Å²) >= 11 is 0. The predicted molar refractivity (Wildman–Crippen MR) is 107 cm³/mol. The maximum absolute atomic E-state index is 9.27. The molecule has 0 amide bonds. The lowest BCUT2D eigenvalue weighted by atomic mass is 9.98. The number of aromatic amines is 1. The van der Waals surface area contributed by atoms with Crippen LogP contribution in [0.15, 0.2) is 36.7 Å². The zero-order chi connectivity index (χ0) is 18.6. The van der Waals surface area contributed by atoms with Gasteiger partial charge in [0.25, 0.3) is 0 Å². The molecule has 1 aliphatic rings. The van der Waals surface area contributed by atoms with Crippen molar-refractivity contribution in [3.63, 3.8) is 0 Å². The van der Waals surface area contributed by atoms with Gasteiger partial charge in [-0.2, -0.15) is 0 Å². The Kier molecular flexibility index (Phi) is 5.25. The fraction of sp³-hybridized carbons (Fsp3) is 0.429. The van der Waals surface area contributed by atoms with Gasteiger partial charge >= 0.3 is 0 Å². The SMILES string of the molecule is CCCOc1ccc2[nH]c(-c3cnc(N4CCC(CO)CC4)nc3)cc2c1. The maximum Gasteiger partial charge on any atom is 0.225 e. The van der Waals surface area contributed by atoms with Gasteiger partial charge in [0.05, 0.1) is 6.61 Å². The summed E-state index contributed by atoms with van der Waals surface area (Å²) in [7, 11) is 0. The first-order chi connectivity index (χ1) is 13.3. The first-order valence-electron chi connectivity index (χ1n) is 9.70. The number of nitrogens with one attached hydrogen (secondary N) is 1. The van der Waals surface area contributed by atoms with Gasteiger partial charge in [-0.25, -0.2) is 9.97 Å². The highest BCUT2D eigenvalue weighted by Gasteiger charge is 2.20. The molecular formula is C21H26N4O2. The van der Waals surface area contributed by atoms with Crippen molar-refractivity contribution in [2.75, 3.05) is 31.2 Å². The second kappa shape index (κ2) is 7.96. The van der Waals surface area contributed by atoms with Gasteiger partial charge in [0.1, 0.15) is 5.75 Å². The molecule has 0 unspecified atom stereocenters. The van der Waals surface area contributed by atoms with E-state index in [1.54, 1.807) is 0 Å². The summed E-state index contributed by atoms with van der Waals surface area (Å²) in [5.74, 6) is 2.08. The zero-order valence-electron chi connectivity index (χ0n) is 15.7. The Morgan fingerprint density at radius 3 is 2.67 bits per heavy atom. The van der Waals surface area contributed by atoms with Crippen molar-refractivity contribution in [2.45, 2.75) is 26.2 Å². The molecule has 0 atom stereocenters. The number of aromatic nitrogens is 3. The maximum atomic E-state index is 9.27. The quantitative estimate of drug-likeness (QED) is 0.697. The molecule has 2 N–H and O–H groups in total. The van der Waals surface area contributed by atoms with Crippen LogP contribution in [0.2, 0.25) is 0 Å². The highest BCUT2D eigenvalue weighted by molar-refractivity contribution is 5.86. The molecule has 1 fully saturated rings. The highest BCUT2D eigenvalue weighted by atomic mass is 16.5. The van der Waals surface area contributed by atoms with Crippen molar-refractivity contribution in [1.29, 1.82) is 0 Å². The van der Waals surface area contributed by atoms with Crippen LogP contribution in [0.25, 0.3) is 22.2 Å². The molecule has 6 nitrogen and oxygen atoms in total. The van der Waals surface area contributed by atoms with E-state index in [0.29, 0.717) is 5.92 Å². The van der Waals surface area contributed by atoms with E-state index in [2.05, 4.69) is 38.9 Å². The van der Waals surface area contributed by atoms with Gasteiger partial charge < -0.3 is 19.7 Å². The molecule has 3 heterocycles. The third kappa shape index (κ3) is 3.90. The number of rotatable bonds is 6. The smallest absolute Gasteiger partial charge is 0.225 e. The summed E-state index contributed by atoms with van der Waals surface area (Å²) < 4.78 is 5.72. The van der Waals surface area contributed by atoms with Crippen LogP contribution in [0.4, 0.5) is 5.95 Å². The molecule has 2 aromatic heterocycles. The van der Waals surface area contributed by atoms with Crippen LogP contribution >= 0.6 is 0 Å². The minimum Gasteiger partial charge on any atom is -0.494 e. The van der Waals surface area contributed by atoms with Crippen molar-refractivity contribution >= 4 is 16.9 Å². The van der Waals surface area contributed by atoms with E-state index in [4.69, 9.17) is 4.74 Å². The summed E-state index contributed by atoms with van der Waals surface area (Å²) in [5.41, 5.74) is 3.04. The van der Waals surface area contributed by atoms with Gasteiger partial charge in [0.2, 0.25) is 5.95 Å². The first-order valence-corrected chi connectivity index (χ1v) is 9.70. The van der Waals surface area contributed by atoms with Gasteiger partial charge in [-0.15, -0.1) is 0 Å². The lowest BCUT2D eigenvalue weighted by molar-refractivity contribution is 0.202. The summed E-state index contributed by atoms with van der Waals surface area (Å²) in [6, 6.07) is 8.21. The molecule has 0 bridgehead atoms. The van der Waals surface area contributed by atoms with Crippen molar-refractivity contribution < 1.29 is 9.84 Å². The molecule has 27 heavy (non-hydrogen) atoms. The van der Waals surface area contributed by atoms with Crippen molar-refractivity contribution in [1.82, 2.24) is 15.0 Å². The Labute approximate surface area is 159 Å². The minimum absolute atomic E-state index is 0.277. The lowest BCUT2D eigenvalue weighted by Crippen LogP contribution is -2.35. The molecule has 4 rings (SSSR count). The second-order valence-electron chi connectivity index (χ2n) is 7.17. The number of hydrogen-bond donors (Lipinski definition) is 2. The van der Waals surface area contributed by atoms with Crippen LogP contribution in [0, 0.1) is 5.92 Å². The molecule has 142 valence electrons. The van der Waals surface area contributed by atoms with Crippen molar-refractivity contribution in [3.8, 4) is 17.0 Å². The molecule has 1 aromatic carbocycles. The second-order valence-corrected chi connectivity index (χ2v) is 7.17.